The van der Waals surface area contributed by atoms with E-state index in [2.05, 4.69) is 9.51 Å². The maximum Gasteiger partial charge on any atom is 0.469 e. The minimum Gasteiger partial charge on any atom is -0.504 e. The molecule has 2 aromatic rings. The van der Waals surface area contributed by atoms with E-state index in [1.165, 1.54) is 38.4 Å². The Bertz CT molecular complexity index is 1150. The summed E-state index contributed by atoms with van der Waals surface area (Å²) < 4.78 is 26.1. The molecule has 0 unspecified atom stereocenters. The quantitative estimate of drug-likeness (QED) is 0.288. The molecule has 15 heteroatoms. The number of H-pyrrole nitrogens is 1. The molecule has 0 radical (unpaired) electrons. The van der Waals surface area contributed by atoms with Gasteiger partial charge in [0, 0.05) is 18.2 Å². The number of hydrogen-bond acceptors (Lipinski definition) is 9. The topological polar surface area (TPSA) is 218 Å². The number of carbonyl (C=O) groups is 1. The number of aliphatic hydroxyl groups excluding tert-OH is 1. The summed E-state index contributed by atoms with van der Waals surface area (Å²) in [6.07, 6.45) is -1.57. The van der Waals surface area contributed by atoms with Crippen molar-refractivity contribution in [1.29, 1.82) is 0 Å². The number of phosphoric acid groups is 1. The number of carboxylic acids is 1. The van der Waals surface area contributed by atoms with Gasteiger partial charge in [-0.1, -0.05) is 0 Å². The average Bonchev–Trinajstić information content (AvgIpc) is 3.09. The SMILES string of the molecule is COc1cc(C(=O)O)ccc1O.Cc1cn([C@H]2C[C@H](O)[C@@H](COP(=O)(O)O)O2)c(=O)[nH]c1=O. The van der Waals surface area contributed by atoms with Crippen molar-refractivity contribution in [2.24, 2.45) is 0 Å². The van der Waals surface area contributed by atoms with Crippen molar-refractivity contribution in [3.05, 3.63) is 56.4 Å². The van der Waals surface area contributed by atoms with E-state index in [9.17, 15) is 24.1 Å². The molecule has 0 saturated carbocycles. The number of aromatic nitrogens is 2. The number of aromatic carboxylic acids is 1. The summed E-state index contributed by atoms with van der Waals surface area (Å²) in [4.78, 5) is 52.8. The van der Waals surface area contributed by atoms with Crippen molar-refractivity contribution in [2.45, 2.75) is 31.8 Å². The summed E-state index contributed by atoms with van der Waals surface area (Å²) in [7, 11) is -3.31. The molecule has 6 N–H and O–H groups in total. The number of aliphatic hydroxyl groups is 1. The molecule has 182 valence electrons. The fraction of sp³-hybridized carbons (Fsp3) is 0.389. The van der Waals surface area contributed by atoms with Gasteiger partial charge in [0.1, 0.15) is 12.3 Å². The summed E-state index contributed by atoms with van der Waals surface area (Å²) in [5, 5.41) is 27.4. The Morgan fingerprint density at radius 3 is 2.58 bits per heavy atom. The van der Waals surface area contributed by atoms with Gasteiger partial charge < -0.3 is 34.6 Å². The number of rotatable bonds is 6. The Balaban J connectivity index is 0.000000273. The van der Waals surface area contributed by atoms with Gasteiger partial charge in [-0.15, -0.1) is 0 Å². The van der Waals surface area contributed by atoms with Crippen LogP contribution in [0.5, 0.6) is 11.5 Å². The van der Waals surface area contributed by atoms with Crippen LogP contribution in [0.25, 0.3) is 0 Å². The smallest absolute Gasteiger partial charge is 0.469 e. The third-order valence-electron chi connectivity index (χ3n) is 4.49. The van der Waals surface area contributed by atoms with E-state index in [1.807, 2.05) is 0 Å². The number of nitrogens with zero attached hydrogens (tertiary/aromatic N) is 1. The molecule has 2 heterocycles. The number of phenolic OH excluding ortho intramolecular Hbond substituents is 1. The normalized spacial score (nSPS) is 20.1. The lowest BCUT2D eigenvalue weighted by Crippen LogP contribution is -2.33. The van der Waals surface area contributed by atoms with Crippen LogP contribution in [-0.2, 0) is 13.8 Å². The first-order valence-electron chi connectivity index (χ1n) is 9.28. The number of carboxylic acid groups (broad SMARTS) is 1. The van der Waals surface area contributed by atoms with Crippen LogP contribution in [0.3, 0.4) is 0 Å². The van der Waals surface area contributed by atoms with Gasteiger partial charge in [0.25, 0.3) is 5.56 Å². The van der Waals surface area contributed by atoms with E-state index in [0.717, 1.165) is 4.57 Å². The molecule has 1 aromatic carbocycles. The van der Waals surface area contributed by atoms with Crippen LogP contribution in [0.15, 0.2) is 34.0 Å². The molecule has 3 rings (SSSR count). The van der Waals surface area contributed by atoms with E-state index in [0.29, 0.717) is 5.56 Å². The number of phosphoric ester groups is 1. The van der Waals surface area contributed by atoms with Crippen molar-refractivity contribution in [3.63, 3.8) is 0 Å². The molecule has 1 aliphatic heterocycles. The van der Waals surface area contributed by atoms with Gasteiger partial charge in [-0.05, 0) is 25.1 Å². The first-order chi connectivity index (χ1) is 15.3. The number of aromatic hydroxyl groups is 1. The lowest BCUT2D eigenvalue weighted by Gasteiger charge is -2.16. The zero-order chi connectivity index (χ0) is 24.9. The zero-order valence-corrected chi connectivity index (χ0v) is 18.3. The van der Waals surface area contributed by atoms with Crippen molar-refractivity contribution >= 4 is 13.8 Å². The number of aryl methyl sites for hydroxylation is 1. The summed E-state index contributed by atoms with van der Waals surface area (Å²) >= 11 is 0. The van der Waals surface area contributed by atoms with Crippen LogP contribution in [0.1, 0.15) is 28.6 Å². The van der Waals surface area contributed by atoms with E-state index < -0.39 is 50.1 Å². The molecule has 33 heavy (non-hydrogen) atoms. The molecule has 1 saturated heterocycles. The second-order valence-electron chi connectivity index (χ2n) is 6.89. The third-order valence-corrected chi connectivity index (χ3v) is 4.98. The van der Waals surface area contributed by atoms with Crippen LogP contribution >= 0.6 is 7.82 Å². The Morgan fingerprint density at radius 1 is 1.33 bits per heavy atom. The monoisotopic (exact) mass is 490 g/mol. The molecule has 1 aliphatic rings. The van der Waals surface area contributed by atoms with Crippen molar-refractivity contribution in [1.82, 2.24) is 9.55 Å². The predicted molar refractivity (Wildman–Crippen MR) is 110 cm³/mol. The number of benzene rings is 1. The van der Waals surface area contributed by atoms with Gasteiger partial charge in [-0.2, -0.15) is 0 Å². The first-order valence-corrected chi connectivity index (χ1v) is 10.8. The summed E-state index contributed by atoms with van der Waals surface area (Å²) in [5.74, 6) is -0.953. The van der Waals surface area contributed by atoms with Gasteiger partial charge in [0.15, 0.2) is 11.5 Å². The molecule has 1 fully saturated rings. The number of aromatic amines is 1. The van der Waals surface area contributed by atoms with Gasteiger partial charge in [-0.3, -0.25) is 18.9 Å². The van der Waals surface area contributed by atoms with E-state index in [1.54, 1.807) is 0 Å². The predicted octanol–water partition coefficient (Wildman–Crippen LogP) is -0.298. The van der Waals surface area contributed by atoms with Gasteiger partial charge in [-0.25, -0.2) is 14.2 Å². The maximum absolute atomic E-state index is 11.7. The van der Waals surface area contributed by atoms with Gasteiger partial charge >= 0.3 is 19.5 Å². The molecule has 0 amide bonds. The Kier molecular flexibility index (Phi) is 8.55. The average molecular weight is 490 g/mol. The van der Waals surface area contributed by atoms with Crippen LogP contribution in [0.2, 0.25) is 0 Å². The van der Waals surface area contributed by atoms with Crippen molar-refractivity contribution in [3.8, 4) is 11.5 Å². The van der Waals surface area contributed by atoms with Crippen LogP contribution in [0, 0.1) is 6.92 Å². The summed E-state index contributed by atoms with van der Waals surface area (Å²) in [6.45, 7) is 0.994. The fourth-order valence-electron chi connectivity index (χ4n) is 2.82. The van der Waals surface area contributed by atoms with E-state index in [-0.39, 0.29) is 23.5 Å². The highest BCUT2D eigenvalue weighted by atomic mass is 31.2. The van der Waals surface area contributed by atoms with Crippen molar-refractivity contribution in [2.75, 3.05) is 13.7 Å². The lowest BCUT2D eigenvalue weighted by atomic mass is 10.2. The molecule has 14 nitrogen and oxygen atoms in total. The number of hydrogen-bond donors (Lipinski definition) is 6. The largest absolute Gasteiger partial charge is 0.504 e. The molecular weight excluding hydrogens is 467 g/mol. The second-order valence-corrected chi connectivity index (χ2v) is 8.13. The Labute approximate surface area is 185 Å². The molecule has 0 spiro atoms. The fourth-order valence-corrected chi connectivity index (χ4v) is 3.16. The highest BCUT2D eigenvalue weighted by Crippen LogP contribution is 2.38. The molecule has 0 aliphatic carbocycles. The van der Waals surface area contributed by atoms with E-state index in [4.69, 9.17) is 29.5 Å². The molecule has 0 bridgehead atoms. The molecule has 1 aromatic heterocycles. The number of ether oxygens (including phenoxy) is 2. The van der Waals surface area contributed by atoms with Gasteiger partial charge in [0.05, 0.1) is 25.4 Å². The van der Waals surface area contributed by atoms with Crippen molar-refractivity contribution < 1.29 is 48.5 Å². The highest BCUT2D eigenvalue weighted by molar-refractivity contribution is 7.46. The van der Waals surface area contributed by atoms with Crippen LogP contribution < -0.4 is 16.0 Å². The first kappa shape index (κ1) is 26.3. The lowest BCUT2D eigenvalue weighted by molar-refractivity contribution is -0.0451. The third kappa shape index (κ3) is 7.25. The summed E-state index contributed by atoms with van der Waals surface area (Å²) in [6, 6.07) is 3.85. The molecular formula is C18H23N2O12P. The molecule has 3 atom stereocenters. The zero-order valence-electron chi connectivity index (χ0n) is 17.4. The number of phenols is 1. The van der Waals surface area contributed by atoms with Crippen LogP contribution in [-0.4, -0.2) is 66.6 Å². The number of methoxy groups -OCH3 is 1. The number of nitrogens with one attached hydrogen (secondary N) is 1. The minimum atomic E-state index is -4.67. The minimum absolute atomic E-state index is 0.0283. The summed E-state index contributed by atoms with van der Waals surface area (Å²) in [5.41, 5.74) is -0.831. The van der Waals surface area contributed by atoms with Gasteiger partial charge in [0.2, 0.25) is 0 Å². The highest BCUT2D eigenvalue weighted by Gasteiger charge is 2.37. The Hall–Kier alpha value is -3.00. The Morgan fingerprint density at radius 2 is 2.00 bits per heavy atom. The van der Waals surface area contributed by atoms with Crippen LogP contribution in [0.4, 0.5) is 0 Å². The maximum atomic E-state index is 11.7. The second kappa shape index (κ2) is 10.7. The van der Waals surface area contributed by atoms with E-state index >= 15 is 0 Å². The standard InChI is InChI=1S/C10H15N2O8P.C8H8O4/c1-5-3-12(10(15)11-9(5)14)8-2-6(13)7(20-8)4-19-21(16,17)18;1-12-7-4-5(8(10)11)2-3-6(7)9/h3,6-8,13H,2,4H2,1H3,(H,11,14,15)(H2,16,17,18);2-4,9H,1H3,(H,10,11)/t6-,7+,8+;/m0./s1.